The number of benzene rings is 1. The van der Waals surface area contributed by atoms with Crippen LogP contribution in [0.3, 0.4) is 0 Å². The summed E-state index contributed by atoms with van der Waals surface area (Å²) in [5.41, 5.74) is 4.07. The van der Waals surface area contributed by atoms with E-state index in [0.717, 1.165) is 6.54 Å². The smallest absolute Gasteiger partial charge is 0.0377 e. The van der Waals surface area contributed by atoms with E-state index >= 15 is 0 Å². The van der Waals surface area contributed by atoms with Crippen molar-refractivity contribution in [2.75, 3.05) is 11.9 Å². The van der Waals surface area contributed by atoms with Gasteiger partial charge in [-0.25, -0.2) is 0 Å². The Morgan fingerprint density at radius 3 is 2.71 bits per heavy atom. The van der Waals surface area contributed by atoms with Crippen LogP contribution < -0.4 is 5.32 Å². The van der Waals surface area contributed by atoms with Crippen molar-refractivity contribution in [3.63, 3.8) is 0 Å². The summed E-state index contributed by atoms with van der Waals surface area (Å²) in [6.45, 7) is 5.16. The second kappa shape index (κ2) is 5.71. The minimum Gasteiger partial charge on any atom is -0.381 e. The van der Waals surface area contributed by atoms with E-state index in [-0.39, 0.29) is 0 Å². The predicted molar refractivity (Wildman–Crippen MR) is 64.0 cm³/mol. The highest BCUT2D eigenvalue weighted by Crippen LogP contribution is 2.23. The molecule has 1 N–H and O–H groups in total. The molecule has 1 aromatic rings. The SMILES string of the molecule is CC(C)c1ccccc1NC/C=C/Cl. The molecule has 76 valence electrons. The molecule has 0 saturated carbocycles. The Labute approximate surface area is 90.8 Å². The quantitative estimate of drug-likeness (QED) is 0.791. The molecular weight excluding hydrogens is 194 g/mol. The van der Waals surface area contributed by atoms with E-state index in [2.05, 4.69) is 37.4 Å². The van der Waals surface area contributed by atoms with E-state index < -0.39 is 0 Å². The summed E-state index contributed by atoms with van der Waals surface area (Å²) in [6, 6.07) is 8.35. The first-order valence-corrected chi connectivity index (χ1v) is 5.27. The van der Waals surface area contributed by atoms with Crippen molar-refractivity contribution in [3.05, 3.63) is 41.4 Å². The number of para-hydroxylation sites is 1. The lowest BCUT2D eigenvalue weighted by Gasteiger charge is -2.13. The first-order chi connectivity index (χ1) is 6.75. The average molecular weight is 210 g/mol. The van der Waals surface area contributed by atoms with Crippen LogP contribution in [0.25, 0.3) is 0 Å². The van der Waals surface area contributed by atoms with Crippen LogP contribution in [0.2, 0.25) is 0 Å². The first kappa shape index (κ1) is 11.1. The second-order valence-electron chi connectivity index (χ2n) is 3.48. The molecule has 0 radical (unpaired) electrons. The van der Waals surface area contributed by atoms with Crippen LogP contribution in [0.1, 0.15) is 25.3 Å². The van der Waals surface area contributed by atoms with Gasteiger partial charge in [0.2, 0.25) is 0 Å². The van der Waals surface area contributed by atoms with Gasteiger partial charge in [0.15, 0.2) is 0 Å². The predicted octanol–water partition coefficient (Wildman–Crippen LogP) is 3.97. The van der Waals surface area contributed by atoms with Gasteiger partial charge in [-0.3, -0.25) is 0 Å². The summed E-state index contributed by atoms with van der Waals surface area (Å²) in [4.78, 5) is 0. The molecule has 0 amide bonds. The van der Waals surface area contributed by atoms with Gasteiger partial charge in [0, 0.05) is 17.8 Å². The van der Waals surface area contributed by atoms with Gasteiger partial charge >= 0.3 is 0 Å². The lowest BCUT2D eigenvalue weighted by Crippen LogP contribution is -2.02. The van der Waals surface area contributed by atoms with Gasteiger partial charge in [0.25, 0.3) is 0 Å². The topological polar surface area (TPSA) is 12.0 Å². The summed E-state index contributed by atoms with van der Waals surface area (Å²) in [5.74, 6) is 0.540. The fourth-order valence-electron chi connectivity index (χ4n) is 1.37. The van der Waals surface area contributed by atoms with Crippen molar-refractivity contribution in [1.82, 2.24) is 0 Å². The molecule has 0 saturated heterocycles. The van der Waals surface area contributed by atoms with E-state index in [0.29, 0.717) is 5.92 Å². The first-order valence-electron chi connectivity index (χ1n) is 4.83. The Bertz CT molecular complexity index is 305. The molecule has 0 fully saturated rings. The molecule has 1 rings (SSSR count). The highest BCUT2D eigenvalue weighted by Gasteiger charge is 2.03. The van der Waals surface area contributed by atoms with E-state index in [1.165, 1.54) is 16.8 Å². The zero-order valence-electron chi connectivity index (χ0n) is 8.63. The number of hydrogen-bond acceptors (Lipinski definition) is 1. The van der Waals surface area contributed by atoms with Gasteiger partial charge in [-0.05, 0) is 17.5 Å². The van der Waals surface area contributed by atoms with Crippen LogP contribution in [-0.4, -0.2) is 6.54 Å². The Morgan fingerprint density at radius 2 is 2.07 bits per heavy atom. The second-order valence-corrected chi connectivity index (χ2v) is 3.74. The van der Waals surface area contributed by atoms with E-state index in [4.69, 9.17) is 11.6 Å². The average Bonchev–Trinajstić information content (AvgIpc) is 2.19. The molecule has 2 heteroatoms. The van der Waals surface area contributed by atoms with Crippen molar-refractivity contribution in [1.29, 1.82) is 0 Å². The number of halogens is 1. The third-order valence-electron chi connectivity index (χ3n) is 2.08. The number of anilines is 1. The molecule has 0 aromatic heterocycles. The summed E-state index contributed by atoms with van der Waals surface area (Å²) in [6.07, 6.45) is 1.89. The third-order valence-corrected chi connectivity index (χ3v) is 2.26. The maximum absolute atomic E-state index is 5.45. The van der Waals surface area contributed by atoms with Crippen molar-refractivity contribution >= 4 is 17.3 Å². The fourth-order valence-corrected chi connectivity index (χ4v) is 1.46. The van der Waals surface area contributed by atoms with Gasteiger partial charge in [0.05, 0.1) is 0 Å². The Kier molecular flexibility index (Phi) is 4.54. The summed E-state index contributed by atoms with van der Waals surface area (Å²) in [5, 5.41) is 3.32. The Balaban J connectivity index is 2.74. The maximum Gasteiger partial charge on any atom is 0.0377 e. The van der Waals surface area contributed by atoms with Crippen molar-refractivity contribution in [2.45, 2.75) is 19.8 Å². The van der Waals surface area contributed by atoms with E-state index in [9.17, 15) is 0 Å². The van der Waals surface area contributed by atoms with Gasteiger partial charge in [-0.2, -0.15) is 0 Å². The summed E-state index contributed by atoms with van der Waals surface area (Å²) >= 11 is 5.45. The lowest BCUT2D eigenvalue weighted by molar-refractivity contribution is 0.867. The molecule has 0 aliphatic heterocycles. The largest absolute Gasteiger partial charge is 0.381 e. The van der Waals surface area contributed by atoms with Crippen molar-refractivity contribution in [2.24, 2.45) is 0 Å². The van der Waals surface area contributed by atoms with Crippen LogP contribution in [-0.2, 0) is 0 Å². The molecule has 14 heavy (non-hydrogen) atoms. The fraction of sp³-hybridized carbons (Fsp3) is 0.333. The van der Waals surface area contributed by atoms with Crippen LogP contribution >= 0.6 is 11.6 Å². The van der Waals surface area contributed by atoms with Crippen LogP contribution in [0, 0.1) is 0 Å². The molecule has 1 nitrogen and oxygen atoms in total. The zero-order chi connectivity index (χ0) is 10.4. The molecule has 1 aromatic carbocycles. The van der Waals surface area contributed by atoms with Gasteiger partial charge in [-0.1, -0.05) is 49.7 Å². The number of rotatable bonds is 4. The van der Waals surface area contributed by atoms with Crippen LogP contribution in [0.15, 0.2) is 35.9 Å². The van der Waals surface area contributed by atoms with E-state index in [1.54, 1.807) is 0 Å². The number of hydrogen-bond donors (Lipinski definition) is 1. The van der Waals surface area contributed by atoms with Gasteiger partial charge < -0.3 is 5.32 Å². The number of nitrogens with one attached hydrogen (secondary N) is 1. The molecule has 0 unspecified atom stereocenters. The third kappa shape index (κ3) is 3.08. The molecule has 0 bridgehead atoms. The van der Waals surface area contributed by atoms with Crippen LogP contribution in [0.5, 0.6) is 0 Å². The maximum atomic E-state index is 5.45. The van der Waals surface area contributed by atoms with Gasteiger partial charge in [0.1, 0.15) is 0 Å². The highest BCUT2D eigenvalue weighted by molar-refractivity contribution is 6.25. The summed E-state index contributed by atoms with van der Waals surface area (Å²) < 4.78 is 0. The molecule has 0 aliphatic rings. The molecule has 0 aliphatic carbocycles. The zero-order valence-corrected chi connectivity index (χ0v) is 9.38. The lowest BCUT2D eigenvalue weighted by atomic mass is 10.0. The Hall–Kier alpha value is -0.950. The Morgan fingerprint density at radius 1 is 1.36 bits per heavy atom. The molecule has 0 heterocycles. The minimum atomic E-state index is 0.540. The summed E-state index contributed by atoms with van der Waals surface area (Å²) in [7, 11) is 0. The molecule has 0 spiro atoms. The molecule has 0 atom stereocenters. The van der Waals surface area contributed by atoms with Crippen LogP contribution in [0.4, 0.5) is 5.69 Å². The standard InChI is InChI=1S/C12H16ClN/c1-10(2)11-6-3-4-7-12(11)14-9-5-8-13/h3-8,10,14H,9H2,1-2H3/b8-5+. The molecular formula is C12H16ClN. The van der Waals surface area contributed by atoms with Crippen molar-refractivity contribution < 1.29 is 0 Å². The van der Waals surface area contributed by atoms with Crippen molar-refractivity contribution in [3.8, 4) is 0 Å². The monoisotopic (exact) mass is 209 g/mol. The van der Waals surface area contributed by atoms with Gasteiger partial charge in [-0.15, -0.1) is 0 Å². The highest BCUT2D eigenvalue weighted by atomic mass is 35.5. The van der Waals surface area contributed by atoms with E-state index in [1.807, 2.05) is 12.1 Å². The normalized spacial score (nSPS) is 11.1. The minimum absolute atomic E-state index is 0.540.